The Labute approximate surface area is 154 Å². The third-order valence-corrected chi connectivity index (χ3v) is 6.92. The van der Waals surface area contributed by atoms with Crippen molar-refractivity contribution in [2.45, 2.75) is 42.8 Å². The van der Waals surface area contributed by atoms with Gasteiger partial charge >= 0.3 is 0 Å². The standard InChI is InChI=1S/C18H17BrCl2S/c19-15-10-12(6-8-16(15)20)11-22-18-14-5-3-1-2-4-13(14)7-9-17(18)21/h6-10H,1-5,11H2. The summed E-state index contributed by atoms with van der Waals surface area (Å²) >= 11 is 17.9. The molecule has 2 aromatic carbocycles. The number of rotatable bonds is 3. The van der Waals surface area contributed by atoms with Crippen LogP contribution in [0.25, 0.3) is 0 Å². The topological polar surface area (TPSA) is 0 Å². The first kappa shape index (κ1) is 16.7. The lowest BCUT2D eigenvalue weighted by Gasteiger charge is -2.14. The van der Waals surface area contributed by atoms with Gasteiger partial charge in [-0.3, -0.25) is 0 Å². The molecule has 0 bridgehead atoms. The molecule has 0 nitrogen and oxygen atoms in total. The zero-order valence-electron chi connectivity index (χ0n) is 12.2. The fourth-order valence-corrected chi connectivity index (χ4v) is 4.87. The smallest absolute Gasteiger partial charge is 0.0548 e. The largest absolute Gasteiger partial charge is 0.119 e. The molecule has 0 fully saturated rings. The van der Waals surface area contributed by atoms with Crippen LogP contribution in [-0.4, -0.2) is 0 Å². The van der Waals surface area contributed by atoms with Crippen molar-refractivity contribution in [2.24, 2.45) is 0 Å². The van der Waals surface area contributed by atoms with Crippen molar-refractivity contribution in [1.82, 2.24) is 0 Å². The number of benzene rings is 2. The number of fused-ring (bicyclic) bond motifs is 1. The van der Waals surface area contributed by atoms with Gasteiger partial charge in [0.05, 0.1) is 10.0 Å². The summed E-state index contributed by atoms with van der Waals surface area (Å²) in [6.45, 7) is 0. The molecule has 3 rings (SSSR count). The van der Waals surface area contributed by atoms with Crippen LogP contribution in [0, 0.1) is 0 Å². The first-order chi connectivity index (χ1) is 10.6. The molecule has 0 unspecified atom stereocenters. The molecule has 1 aliphatic rings. The van der Waals surface area contributed by atoms with Crippen molar-refractivity contribution in [2.75, 3.05) is 0 Å². The fraction of sp³-hybridized carbons (Fsp3) is 0.333. The van der Waals surface area contributed by atoms with E-state index < -0.39 is 0 Å². The van der Waals surface area contributed by atoms with Crippen LogP contribution in [0.3, 0.4) is 0 Å². The molecular weight excluding hydrogens is 399 g/mol. The Balaban J connectivity index is 1.84. The zero-order chi connectivity index (χ0) is 15.5. The number of hydrogen-bond donors (Lipinski definition) is 0. The van der Waals surface area contributed by atoms with E-state index in [1.807, 2.05) is 17.8 Å². The number of thioether (sulfide) groups is 1. The molecule has 2 aromatic rings. The summed E-state index contributed by atoms with van der Waals surface area (Å²) < 4.78 is 0.949. The van der Waals surface area contributed by atoms with E-state index in [2.05, 4.69) is 40.2 Å². The third-order valence-electron chi connectivity index (χ3n) is 4.05. The summed E-state index contributed by atoms with van der Waals surface area (Å²) in [6, 6.07) is 10.4. The lowest BCUT2D eigenvalue weighted by molar-refractivity contribution is 0.710. The van der Waals surface area contributed by atoms with Crippen LogP contribution >= 0.6 is 50.9 Å². The molecule has 0 spiro atoms. The van der Waals surface area contributed by atoms with Gasteiger partial charge in [0.2, 0.25) is 0 Å². The highest BCUT2D eigenvalue weighted by atomic mass is 79.9. The molecule has 0 N–H and O–H groups in total. The second-order valence-electron chi connectivity index (χ2n) is 5.61. The molecule has 0 heterocycles. The molecule has 22 heavy (non-hydrogen) atoms. The second kappa shape index (κ2) is 7.61. The summed E-state index contributed by atoms with van der Waals surface area (Å²) in [4.78, 5) is 1.27. The lowest BCUT2D eigenvalue weighted by Crippen LogP contribution is -1.95. The Morgan fingerprint density at radius 3 is 2.55 bits per heavy atom. The number of hydrogen-bond acceptors (Lipinski definition) is 1. The normalized spacial score (nSPS) is 14.5. The summed E-state index contributed by atoms with van der Waals surface area (Å²) in [5.74, 6) is 0.909. The van der Waals surface area contributed by atoms with E-state index in [9.17, 15) is 0 Å². The fourth-order valence-electron chi connectivity index (χ4n) is 2.88. The summed E-state index contributed by atoms with van der Waals surface area (Å²) in [6.07, 6.45) is 6.23. The van der Waals surface area contributed by atoms with E-state index in [1.165, 1.54) is 47.3 Å². The Bertz CT molecular complexity index is 685. The molecule has 0 aliphatic heterocycles. The number of halogens is 3. The molecule has 0 radical (unpaired) electrons. The first-order valence-corrected chi connectivity index (χ1v) is 10.1. The quantitative estimate of drug-likeness (QED) is 0.373. The van der Waals surface area contributed by atoms with Crippen LogP contribution < -0.4 is 0 Å². The molecule has 116 valence electrons. The van der Waals surface area contributed by atoms with Crippen LogP contribution in [0.15, 0.2) is 39.7 Å². The molecule has 0 aromatic heterocycles. The van der Waals surface area contributed by atoms with Gasteiger partial charge in [-0.05, 0) is 76.5 Å². The van der Waals surface area contributed by atoms with Gasteiger partial charge in [0, 0.05) is 15.1 Å². The van der Waals surface area contributed by atoms with E-state index in [0.29, 0.717) is 0 Å². The predicted octanol–water partition coefficient (Wildman–Crippen LogP) is 7.32. The predicted molar refractivity (Wildman–Crippen MR) is 101 cm³/mol. The first-order valence-electron chi connectivity index (χ1n) is 7.52. The van der Waals surface area contributed by atoms with Gasteiger partial charge < -0.3 is 0 Å². The Morgan fingerprint density at radius 1 is 0.955 bits per heavy atom. The van der Waals surface area contributed by atoms with Crippen LogP contribution in [0.1, 0.15) is 36.0 Å². The maximum Gasteiger partial charge on any atom is 0.0548 e. The molecule has 1 aliphatic carbocycles. The van der Waals surface area contributed by atoms with Gasteiger partial charge in [0.25, 0.3) is 0 Å². The maximum absolute atomic E-state index is 6.49. The van der Waals surface area contributed by atoms with Gasteiger partial charge in [0.15, 0.2) is 0 Å². The van der Waals surface area contributed by atoms with E-state index in [4.69, 9.17) is 23.2 Å². The van der Waals surface area contributed by atoms with E-state index in [-0.39, 0.29) is 0 Å². The summed E-state index contributed by atoms with van der Waals surface area (Å²) in [7, 11) is 0. The highest BCUT2D eigenvalue weighted by molar-refractivity contribution is 9.10. The minimum absolute atomic E-state index is 0.750. The van der Waals surface area contributed by atoms with Gasteiger partial charge in [-0.15, -0.1) is 11.8 Å². The average Bonchev–Trinajstić information content (AvgIpc) is 2.75. The van der Waals surface area contributed by atoms with Crippen molar-refractivity contribution in [3.8, 4) is 0 Å². The molecule has 0 saturated carbocycles. The van der Waals surface area contributed by atoms with Crippen molar-refractivity contribution < 1.29 is 0 Å². The molecule has 0 amide bonds. The Kier molecular flexibility index (Phi) is 5.78. The molecule has 0 saturated heterocycles. The highest BCUT2D eigenvalue weighted by Crippen LogP contribution is 2.38. The van der Waals surface area contributed by atoms with E-state index in [0.717, 1.165) is 26.7 Å². The van der Waals surface area contributed by atoms with Crippen molar-refractivity contribution >= 4 is 50.9 Å². The molecular formula is C18H17BrCl2S. The minimum atomic E-state index is 0.750. The highest BCUT2D eigenvalue weighted by Gasteiger charge is 2.15. The average molecular weight is 416 g/mol. The van der Waals surface area contributed by atoms with E-state index in [1.54, 1.807) is 0 Å². The summed E-state index contributed by atoms with van der Waals surface area (Å²) in [5.41, 5.74) is 4.22. The van der Waals surface area contributed by atoms with E-state index >= 15 is 0 Å². The molecule has 0 atom stereocenters. The van der Waals surface area contributed by atoms with Crippen LogP contribution in [0.4, 0.5) is 0 Å². The minimum Gasteiger partial charge on any atom is -0.119 e. The maximum atomic E-state index is 6.49. The van der Waals surface area contributed by atoms with Crippen LogP contribution in [0.2, 0.25) is 10.0 Å². The lowest BCUT2D eigenvalue weighted by atomic mass is 10.0. The van der Waals surface area contributed by atoms with Crippen molar-refractivity contribution in [1.29, 1.82) is 0 Å². The van der Waals surface area contributed by atoms with Gasteiger partial charge in [0.1, 0.15) is 0 Å². The monoisotopic (exact) mass is 414 g/mol. The summed E-state index contributed by atoms with van der Waals surface area (Å²) in [5, 5.41) is 1.64. The SMILES string of the molecule is Clc1ccc(CSc2c(Cl)ccc3c2CCCCC3)cc1Br. The Hall–Kier alpha value is -0.150. The Morgan fingerprint density at radius 2 is 1.73 bits per heavy atom. The van der Waals surface area contributed by atoms with Crippen LogP contribution in [0.5, 0.6) is 0 Å². The number of aryl methyl sites for hydroxylation is 1. The second-order valence-corrected chi connectivity index (χ2v) is 8.27. The van der Waals surface area contributed by atoms with Gasteiger partial charge in [-0.25, -0.2) is 0 Å². The molecule has 4 heteroatoms. The van der Waals surface area contributed by atoms with Crippen molar-refractivity contribution in [3.05, 3.63) is 61.5 Å². The third kappa shape index (κ3) is 3.84. The van der Waals surface area contributed by atoms with Gasteiger partial charge in [-0.1, -0.05) is 41.8 Å². The van der Waals surface area contributed by atoms with Crippen molar-refractivity contribution in [3.63, 3.8) is 0 Å². The van der Waals surface area contributed by atoms with Gasteiger partial charge in [-0.2, -0.15) is 0 Å². The van der Waals surface area contributed by atoms with Crippen LogP contribution in [-0.2, 0) is 18.6 Å². The zero-order valence-corrected chi connectivity index (χ0v) is 16.1.